The van der Waals surface area contributed by atoms with Gasteiger partial charge in [-0.25, -0.2) is 0 Å². The van der Waals surface area contributed by atoms with E-state index in [0.717, 1.165) is 39.1 Å². The summed E-state index contributed by atoms with van der Waals surface area (Å²) >= 11 is 0. The molecule has 0 radical (unpaired) electrons. The van der Waals surface area contributed by atoms with Crippen LogP contribution in [-0.2, 0) is 4.79 Å². The lowest BCUT2D eigenvalue weighted by atomic mass is 10.3. The fourth-order valence-electron chi connectivity index (χ4n) is 1.73. The third-order valence-electron chi connectivity index (χ3n) is 2.81. The quantitative estimate of drug-likeness (QED) is 0.618. The van der Waals surface area contributed by atoms with Crippen LogP contribution < -0.4 is 0 Å². The van der Waals surface area contributed by atoms with Gasteiger partial charge in [-0.15, -0.1) is 0 Å². The Labute approximate surface area is 99.2 Å². The van der Waals surface area contributed by atoms with Gasteiger partial charge < -0.3 is 14.9 Å². The van der Waals surface area contributed by atoms with Crippen LogP contribution >= 0.6 is 0 Å². The molecule has 0 saturated carbocycles. The summed E-state index contributed by atoms with van der Waals surface area (Å²) < 4.78 is 0. The van der Waals surface area contributed by atoms with E-state index in [0.29, 0.717) is 6.54 Å². The number of hydrogen-bond donors (Lipinski definition) is 1. The van der Waals surface area contributed by atoms with Crippen LogP contribution in [-0.4, -0.2) is 60.1 Å². The van der Waals surface area contributed by atoms with Crippen LogP contribution in [0.5, 0.6) is 0 Å². The second-order valence-electron chi connectivity index (χ2n) is 4.01. The van der Waals surface area contributed by atoms with Gasteiger partial charge in [0.25, 0.3) is 0 Å². The summed E-state index contributed by atoms with van der Waals surface area (Å²) in [6.07, 6.45) is 1.33. The summed E-state index contributed by atoms with van der Waals surface area (Å²) in [7, 11) is 0. The van der Waals surface area contributed by atoms with Crippen LogP contribution in [0.1, 0.15) is 33.6 Å². The first-order chi connectivity index (χ1) is 7.63. The Morgan fingerprint density at radius 3 is 1.94 bits per heavy atom. The first-order valence-corrected chi connectivity index (χ1v) is 6.30. The van der Waals surface area contributed by atoms with Crippen molar-refractivity contribution >= 4 is 5.97 Å². The number of carboxylic acid groups (broad SMARTS) is 1. The molecule has 4 nitrogen and oxygen atoms in total. The number of aliphatic carboxylic acids is 1. The summed E-state index contributed by atoms with van der Waals surface area (Å²) in [5, 5.41) is 8.66. The molecule has 0 aliphatic rings. The highest BCUT2D eigenvalue weighted by Crippen LogP contribution is 1.96. The van der Waals surface area contributed by atoms with E-state index >= 15 is 0 Å². The van der Waals surface area contributed by atoms with Gasteiger partial charge in [0.2, 0.25) is 0 Å². The Morgan fingerprint density at radius 1 is 0.938 bits per heavy atom. The van der Waals surface area contributed by atoms with Crippen LogP contribution in [0.4, 0.5) is 0 Å². The van der Waals surface area contributed by atoms with Crippen molar-refractivity contribution in [2.45, 2.75) is 33.6 Å². The van der Waals surface area contributed by atoms with Gasteiger partial charge in [0.15, 0.2) is 0 Å². The summed E-state index contributed by atoms with van der Waals surface area (Å²) in [6.45, 7) is 12.3. The standard InChI is InChI=1S/C12H26N2O2/c1-4-8-14(9-7-12(15)16)11-10-13(5-2)6-3/h4-11H2,1-3H3,(H,15,16). The summed E-state index contributed by atoms with van der Waals surface area (Å²) in [5.41, 5.74) is 0. The van der Waals surface area contributed by atoms with E-state index in [4.69, 9.17) is 5.11 Å². The molecule has 0 spiro atoms. The molecule has 0 unspecified atom stereocenters. The number of hydrogen-bond acceptors (Lipinski definition) is 3. The number of rotatable bonds is 10. The molecule has 1 N–H and O–H groups in total. The van der Waals surface area contributed by atoms with E-state index < -0.39 is 5.97 Å². The molecule has 0 fully saturated rings. The van der Waals surface area contributed by atoms with Gasteiger partial charge in [-0.2, -0.15) is 0 Å². The lowest BCUT2D eigenvalue weighted by molar-refractivity contribution is -0.137. The zero-order valence-corrected chi connectivity index (χ0v) is 10.9. The van der Waals surface area contributed by atoms with Crippen molar-refractivity contribution in [2.24, 2.45) is 0 Å². The first-order valence-electron chi connectivity index (χ1n) is 6.30. The first kappa shape index (κ1) is 15.4. The minimum absolute atomic E-state index is 0.248. The van der Waals surface area contributed by atoms with Crippen molar-refractivity contribution in [1.29, 1.82) is 0 Å². The molecule has 0 rings (SSSR count). The molecular weight excluding hydrogens is 204 g/mol. The number of carboxylic acids is 1. The maximum absolute atomic E-state index is 10.5. The monoisotopic (exact) mass is 230 g/mol. The molecule has 0 bridgehead atoms. The van der Waals surface area contributed by atoms with E-state index in [9.17, 15) is 4.79 Å². The van der Waals surface area contributed by atoms with E-state index in [1.165, 1.54) is 0 Å². The Morgan fingerprint density at radius 2 is 1.50 bits per heavy atom. The predicted molar refractivity (Wildman–Crippen MR) is 66.8 cm³/mol. The van der Waals surface area contributed by atoms with Crippen molar-refractivity contribution in [1.82, 2.24) is 9.80 Å². The van der Waals surface area contributed by atoms with Gasteiger partial charge in [0, 0.05) is 19.6 Å². The zero-order valence-electron chi connectivity index (χ0n) is 10.9. The Bertz CT molecular complexity index is 182. The molecule has 0 aromatic rings. The van der Waals surface area contributed by atoms with Gasteiger partial charge in [0.05, 0.1) is 6.42 Å². The topological polar surface area (TPSA) is 43.8 Å². The van der Waals surface area contributed by atoms with Crippen molar-refractivity contribution in [2.75, 3.05) is 39.3 Å². The van der Waals surface area contributed by atoms with Crippen molar-refractivity contribution in [3.05, 3.63) is 0 Å². The molecule has 0 atom stereocenters. The minimum atomic E-state index is -0.705. The SMILES string of the molecule is CCCN(CCC(=O)O)CCN(CC)CC. The summed E-state index contributed by atoms with van der Waals surface area (Å²) in [4.78, 5) is 15.1. The van der Waals surface area contributed by atoms with Crippen molar-refractivity contribution in [3.8, 4) is 0 Å². The maximum atomic E-state index is 10.5. The molecular formula is C12H26N2O2. The molecule has 96 valence electrons. The minimum Gasteiger partial charge on any atom is -0.481 e. The van der Waals surface area contributed by atoms with Crippen LogP contribution in [0.15, 0.2) is 0 Å². The molecule has 0 aliphatic carbocycles. The van der Waals surface area contributed by atoms with E-state index in [1.807, 2.05) is 0 Å². The van der Waals surface area contributed by atoms with Crippen LogP contribution in [0.2, 0.25) is 0 Å². The lowest BCUT2D eigenvalue weighted by Gasteiger charge is -2.25. The molecule has 0 aromatic heterocycles. The van der Waals surface area contributed by atoms with E-state index in [1.54, 1.807) is 0 Å². The molecule has 16 heavy (non-hydrogen) atoms. The second kappa shape index (κ2) is 9.60. The number of likely N-dealkylation sites (N-methyl/N-ethyl adjacent to an activating group) is 1. The van der Waals surface area contributed by atoms with Gasteiger partial charge >= 0.3 is 5.97 Å². The highest BCUT2D eigenvalue weighted by Gasteiger charge is 2.08. The molecule has 0 aliphatic heterocycles. The molecule has 0 aromatic carbocycles. The lowest BCUT2D eigenvalue weighted by Crippen LogP contribution is -2.36. The van der Waals surface area contributed by atoms with Gasteiger partial charge in [0.1, 0.15) is 0 Å². The van der Waals surface area contributed by atoms with Gasteiger partial charge in [-0.3, -0.25) is 4.79 Å². The largest absolute Gasteiger partial charge is 0.481 e. The average Bonchev–Trinajstić information content (AvgIpc) is 2.26. The molecule has 0 saturated heterocycles. The zero-order chi connectivity index (χ0) is 12.4. The fraction of sp³-hybridized carbons (Fsp3) is 0.917. The summed E-state index contributed by atoms with van der Waals surface area (Å²) in [5.74, 6) is -0.705. The smallest absolute Gasteiger partial charge is 0.304 e. The van der Waals surface area contributed by atoms with Crippen LogP contribution in [0, 0.1) is 0 Å². The third-order valence-corrected chi connectivity index (χ3v) is 2.81. The van der Waals surface area contributed by atoms with Crippen molar-refractivity contribution in [3.63, 3.8) is 0 Å². The molecule has 0 amide bonds. The van der Waals surface area contributed by atoms with E-state index in [-0.39, 0.29) is 6.42 Å². The summed E-state index contributed by atoms with van der Waals surface area (Å²) in [6, 6.07) is 0. The second-order valence-corrected chi connectivity index (χ2v) is 4.01. The van der Waals surface area contributed by atoms with E-state index in [2.05, 4.69) is 30.6 Å². The Kier molecular flexibility index (Phi) is 9.24. The normalized spacial score (nSPS) is 11.3. The highest BCUT2D eigenvalue weighted by molar-refractivity contribution is 5.66. The predicted octanol–water partition coefficient (Wildman–Crippen LogP) is 1.51. The number of carbonyl (C=O) groups is 1. The van der Waals surface area contributed by atoms with Gasteiger partial charge in [-0.1, -0.05) is 20.8 Å². The Hall–Kier alpha value is -0.610. The van der Waals surface area contributed by atoms with Crippen LogP contribution in [0.25, 0.3) is 0 Å². The average molecular weight is 230 g/mol. The van der Waals surface area contributed by atoms with Crippen LogP contribution in [0.3, 0.4) is 0 Å². The van der Waals surface area contributed by atoms with Crippen molar-refractivity contribution < 1.29 is 9.90 Å². The fourth-order valence-corrected chi connectivity index (χ4v) is 1.73. The maximum Gasteiger partial charge on any atom is 0.304 e. The third kappa shape index (κ3) is 7.65. The molecule has 0 heterocycles. The highest BCUT2D eigenvalue weighted by atomic mass is 16.4. The van der Waals surface area contributed by atoms with Gasteiger partial charge in [-0.05, 0) is 26.1 Å². The molecule has 4 heteroatoms. The Balaban J connectivity index is 3.87. The number of nitrogens with zero attached hydrogens (tertiary/aromatic N) is 2.